The summed E-state index contributed by atoms with van der Waals surface area (Å²) in [5, 5.41) is 2.61. The third-order valence-electron chi connectivity index (χ3n) is 3.88. The predicted molar refractivity (Wildman–Crippen MR) is 99.1 cm³/mol. The minimum absolute atomic E-state index is 0.0470. The van der Waals surface area contributed by atoms with Gasteiger partial charge in [-0.15, -0.1) is 13.2 Å². The van der Waals surface area contributed by atoms with E-state index < -0.39 is 23.8 Å². The SMILES string of the molecule is Cc1nc(Oc2ccccc2F)nc(C)c1NC(=O)c1ccc(OC(F)(F)F)cc1. The summed E-state index contributed by atoms with van der Waals surface area (Å²) in [5.74, 6) is -1.64. The van der Waals surface area contributed by atoms with Crippen LogP contribution in [0.4, 0.5) is 23.2 Å². The van der Waals surface area contributed by atoms with Crippen molar-refractivity contribution in [3.8, 4) is 17.5 Å². The molecule has 0 fully saturated rings. The normalized spacial score (nSPS) is 11.1. The Morgan fingerprint density at radius 1 is 0.967 bits per heavy atom. The lowest BCUT2D eigenvalue weighted by Crippen LogP contribution is -2.18. The van der Waals surface area contributed by atoms with Crippen molar-refractivity contribution in [1.29, 1.82) is 0 Å². The molecule has 10 heteroatoms. The number of anilines is 1. The Hall–Kier alpha value is -3.69. The van der Waals surface area contributed by atoms with E-state index in [0.717, 1.165) is 12.1 Å². The first-order valence-corrected chi connectivity index (χ1v) is 8.57. The highest BCUT2D eigenvalue weighted by atomic mass is 19.4. The Morgan fingerprint density at radius 2 is 1.57 bits per heavy atom. The molecule has 0 spiro atoms. The monoisotopic (exact) mass is 421 g/mol. The lowest BCUT2D eigenvalue weighted by atomic mass is 10.2. The Balaban J connectivity index is 1.75. The summed E-state index contributed by atoms with van der Waals surface area (Å²) in [6.07, 6.45) is -4.82. The molecular weight excluding hydrogens is 406 g/mol. The van der Waals surface area contributed by atoms with Crippen LogP contribution in [0.2, 0.25) is 0 Å². The lowest BCUT2D eigenvalue weighted by Gasteiger charge is -2.13. The molecule has 1 amide bonds. The third-order valence-corrected chi connectivity index (χ3v) is 3.88. The Labute approximate surface area is 168 Å². The van der Waals surface area contributed by atoms with Crippen molar-refractivity contribution >= 4 is 11.6 Å². The van der Waals surface area contributed by atoms with Crippen LogP contribution < -0.4 is 14.8 Å². The first-order chi connectivity index (χ1) is 14.1. The van der Waals surface area contributed by atoms with Gasteiger partial charge in [-0.1, -0.05) is 12.1 Å². The highest BCUT2D eigenvalue weighted by Crippen LogP contribution is 2.26. The molecule has 0 saturated heterocycles. The van der Waals surface area contributed by atoms with Crippen molar-refractivity contribution in [2.45, 2.75) is 20.2 Å². The molecule has 0 aliphatic rings. The molecule has 30 heavy (non-hydrogen) atoms. The van der Waals surface area contributed by atoms with Gasteiger partial charge in [-0.05, 0) is 50.2 Å². The minimum atomic E-state index is -4.82. The van der Waals surface area contributed by atoms with E-state index in [0.29, 0.717) is 17.1 Å². The highest BCUT2D eigenvalue weighted by molar-refractivity contribution is 6.04. The number of halogens is 4. The Kier molecular flexibility index (Phi) is 5.86. The molecule has 1 heterocycles. The molecule has 0 aliphatic carbocycles. The molecule has 0 atom stereocenters. The van der Waals surface area contributed by atoms with Crippen LogP contribution in [0.15, 0.2) is 48.5 Å². The summed E-state index contributed by atoms with van der Waals surface area (Å²) < 4.78 is 59.5. The molecule has 156 valence electrons. The quantitative estimate of drug-likeness (QED) is 0.575. The smallest absolute Gasteiger partial charge is 0.421 e. The van der Waals surface area contributed by atoms with Gasteiger partial charge in [0.25, 0.3) is 5.91 Å². The first kappa shape index (κ1) is 21.0. The Bertz CT molecular complexity index is 1050. The number of aryl methyl sites for hydroxylation is 2. The zero-order valence-electron chi connectivity index (χ0n) is 15.7. The standard InChI is InChI=1S/C20H15F4N3O3/c1-11-17(12(2)26-19(25-11)29-16-6-4-3-5-15(16)21)27-18(28)13-7-9-14(10-8-13)30-20(22,23)24/h3-10H,1-2H3,(H,27,28). The number of carbonyl (C=O) groups excluding carboxylic acids is 1. The van der Waals surface area contributed by atoms with Crippen LogP contribution >= 0.6 is 0 Å². The number of carbonyl (C=O) groups is 1. The van der Waals surface area contributed by atoms with Gasteiger partial charge in [0.1, 0.15) is 5.75 Å². The zero-order chi connectivity index (χ0) is 21.9. The maximum absolute atomic E-state index is 13.7. The molecule has 0 aliphatic heterocycles. The number of hydrogen-bond acceptors (Lipinski definition) is 5. The molecule has 0 saturated carbocycles. The molecule has 6 nitrogen and oxygen atoms in total. The number of ether oxygens (including phenoxy) is 2. The van der Waals surface area contributed by atoms with Crippen LogP contribution in [0, 0.1) is 19.7 Å². The van der Waals surface area contributed by atoms with Gasteiger partial charge in [-0.25, -0.2) is 4.39 Å². The van der Waals surface area contributed by atoms with Crippen LogP contribution in [0.5, 0.6) is 17.5 Å². The van der Waals surface area contributed by atoms with Crippen LogP contribution in [-0.4, -0.2) is 22.2 Å². The molecule has 0 radical (unpaired) electrons. The maximum Gasteiger partial charge on any atom is 0.573 e. The lowest BCUT2D eigenvalue weighted by molar-refractivity contribution is -0.274. The van der Waals surface area contributed by atoms with Crippen LogP contribution in [-0.2, 0) is 0 Å². The van der Waals surface area contributed by atoms with Crippen molar-refractivity contribution in [1.82, 2.24) is 9.97 Å². The summed E-state index contributed by atoms with van der Waals surface area (Å²) in [4.78, 5) is 20.6. The number of nitrogens with zero attached hydrogens (tertiary/aromatic N) is 2. The summed E-state index contributed by atoms with van der Waals surface area (Å²) in [7, 11) is 0. The van der Waals surface area contributed by atoms with Crippen molar-refractivity contribution < 1.29 is 31.8 Å². The summed E-state index contributed by atoms with van der Waals surface area (Å²) in [6, 6.07) is 10.1. The largest absolute Gasteiger partial charge is 0.573 e. The van der Waals surface area contributed by atoms with Gasteiger partial charge in [0.2, 0.25) is 0 Å². The number of benzene rings is 2. The average Bonchev–Trinajstić information content (AvgIpc) is 2.66. The van der Waals surface area contributed by atoms with E-state index in [1.165, 1.54) is 30.3 Å². The van der Waals surface area contributed by atoms with E-state index in [-0.39, 0.29) is 17.3 Å². The maximum atomic E-state index is 13.7. The molecule has 1 aromatic heterocycles. The summed E-state index contributed by atoms with van der Waals surface area (Å²) >= 11 is 0. The van der Waals surface area contributed by atoms with E-state index in [9.17, 15) is 22.4 Å². The molecule has 2 aromatic carbocycles. The fraction of sp³-hybridized carbons (Fsp3) is 0.150. The van der Waals surface area contributed by atoms with Gasteiger partial charge >= 0.3 is 12.4 Å². The van der Waals surface area contributed by atoms with Gasteiger partial charge in [-0.2, -0.15) is 9.97 Å². The summed E-state index contributed by atoms with van der Waals surface area (Å²) in [5.41, 5.74) is 1.13. The third kappa shape index (κ3) is 5.22. The molecule has 3 rings (SSSR count). The fourth-order valence-corrected chi connectivity index (χ4v) is 2.53. The van der Waals surface area contributed by atoms with Gasteiger partial charge < -0.3 is 14.8 Å². The fourth-order valence-electron chi connectivity index (χ4n) is 2.53. The number of alkyl halides is 3. The van der Waals surface area contributed by atoms with Crippen molar-refractivity contribution in [2.75, 3.05) is 5.32 Å². The second kappa shape index (κ2) is 8.36. The number of aromatic nitrogens is 2. The topological polar surface area (TPSA) is 73.3 Å². The van der Waals surface area contributed by atoms with Gasteiger partial charge in [0.15, 0.2) is 11.6 Å². The minimum Gasteiger partial charge on any atom is -0.421 e. The van der Waals surface area contributed by atoms with Crippen molar-refractivity contribution in [3.63, 3.8) is 0 Å². The van der Waals surface area contributed by atoms with E-state index in [1.807, 2.05) is 0 Å². The van der Waals surface area contributed by atoms with E-state index >= 15 is 0 Å². The summed E-state index contributed by atoms with van der Waals surface area (Å²) in [6.45, 7) is 3.19. The second-order valence-electron chi connectivity index (χ2n) is 6.11. The first-order valence-electron chi connectivity index (χ1n) is 8.57. The second-order valence-corrected chi connectivity index (χ2v) is 6.11. The number of amides is 1. The van der Waals surface area contributed by atoms with Crippen LogP contribution in [0.1, 0.15) is 21.7 Å². The molecule has 0 bridgehead atoms. The highest BCUT2D eigenvalue weighted by Gasteiger charge is 2.31. The number of nitrogens with one attached hydrogen (secondary N) is 1. The molecular formula is C20H15F4N3O3. The molecule has 0 unspecified atom stereocenters. The van der Waals surface area contributed by atoms with Crippen LogP contribution in [0.3, 0.4) is 0 Å². The number of para-hydroxylation sites is 1. The molecule has 3 aromatic rings. The average molecular weight is 421 g/mol. The zero-order valence-corrected chi connectivity index (χ0v) is 15.7. The van der Waals surface area contributed by atoms with Crippen LogP contribution in [0.25, 0.3) is 0 Å². The van der Waals surface area contributed by atoms with E-state index in [4.69, 9.17) is 4.74 Å². The molecule has 1 N–H and O–H groups in total. The number of rotatable bonds is 5. The van der Waals surface area contributed by atoms with Crippen molar-refractivity contribution in [2.24, 2.45) is 0 Å². The van der Waals surface area contributed by atoms with E-state index in [2.05, 4.69) is 20.0 Å². The number of hydrogen-bond donors (Lipinski definition) is 1. The van der Waals surface area contributed by atoms with Gasteiger partial charge in [-0.3, -0.25) is 4.79 Å². The van der Waals surface area contributed by atoms with Gasteiger partial charge in [0, 0.05) is 5.56 Å². The Morgan fingerprint density at radius 3 is 2.13 bits per heavy atom. The van der Waals surface area contributed by atoms with Gasteiger partial charge in [0.05, 0.1) is 17.1 Å². The van der Waals surface area contributed by atoms with E-state index in [1.54, 1.807) is 19.9 Å². The predicted octanol–water partition coefficient (Wildman–Crippen LogP) is 5.18. The van der Waals surface area contributed by atoms with Crippen molar-refractivity contribution in [3.05, 3.63) is 71.3 Å².